The lowest BCUT2D eigenvalue weighted by Gasteiger charge is -2.16. The van der Waals surface area contributed by atoms with Gasteiger partial charge < -0.3 is 19.7 Å². The Morgan fingerprint density at radius 3 is 2.86 bits per heavy atom. The molecule has 0 aromatic heterocycles. The molecule has 0 bridgehead atoms. The van der Waals surface area contributed by atoms with E-state index in [0.717, 1.165) is 12.8 Å². The fourth-order valence-electron chi connectivity index (χ4n) is 2.87. The lowest BCUT2D eigenvalue weighted by atomic mass is 10.1. The molecular formula is C15H16N2O4. The molecule has 2 fully saturated rings. The molecule has 2 amide bonds. The van der Waals surface area contributed by atoms with Crippen molar-refractivity contribution >= 4 is 11.8 Å². The number of ether oxygens (including phenoxy) is 2. The summed E-state index contributed by atoms with van der Waals surface area (Å²) in [5, 5.41) is 2.93. The van der Waals surface area contributed by atoms with E-state index in [1.54, 1.807) is 18.2 Å². The zero-order valence-corrected chi connectivity index (χ0v) is 11.5. The second-order valence-electron chi connectivity index (χ2n) is 5.72. The van der Waals surface area contributed by atoms with Crippen molar-refractivity contribution < 1.29 is 19.1 Å². The van der Waals surface area contributed by atoms with Gasteiger partial charge in [0, 0.05) is 24.6 Å². The molecule has 1 aromatic rings. The maximum atomic E-state index is 12.3. The number of carbonyl (C=O) groups excluding carboxylic acids is 2. The number of carbonyl (C=O) groups is 2. The van der Waals surface area contributed by atoms with Gasteiger partial charge in [-0.2, -0.15) is 0 Å². The van der Waals surface area contributed by atoms with Gasteiger partial charge in [0.2, 0.25) is 12.7 Å². The number of nitrogens with zero attached hydrogens (tertiary/aromatic N) is 1. The van der Waals surface area contributed by atoms with Crippen molar-refractivity contribution in [2.45, 2.75) is 31.3 Å². The molecule has 4 rings (SSSR count). The van der Waals surface area contributed by atoms with E-state index in [0.29, 0.717) is 36.1 Å². The molecule has 3 aliphatic rings. The smallest absolute Gasteiger partial charge is 0.251 e. The van der Waals surface area contributed by atoms with Crippen molar-refractivity contribution in [3.8, 4) is 11.5 Å². The van der Waals surface area contributed by atoms with Crippen molar-refractivity contribution in [1.82, 2.24) is 10.2 Å². The second kappa shape index (κ2) is 4.65. The zero-order valence-electron chi connectivity index (χ0n) is 11.5. The van der Waals surface area contributed by atoms with Crippen molar-refractivity contribution in [3.63, 3.8) is 0 Å². The van der Waals surface area contributed by atoms with Gasteiger partial charge in [0.1, 0.15) is 0 Å². The highest BCUT2D eigenvalue weighted by Gasteiger charge is 2.39. The van der Waals surface area contributed by atoms with Gasteiger partial charge in [-0.15, -0.1) is 0 Å². The number of hydrogen-bond acceptors (Lipinski definition) is 4. The third-order valence-corrected chi connectivity index (χ3v) is 4.12. The average Bonchev–Trinajstić information content (AvgIpc) is 3.09. The SMILES string of the molecule is O=C(NC1CC(=O)N(C2CC2)C1)c1ccc2c(c1)OCO2. The molecule has 110 valence electrons. The molecule has 1 unspecified atom stereocenters. The van der Waals surface area contributed by atoms with E-state index in [4.69, 9.17) is 9.47 Å². The van der Waals surface area contributed by atoms with E-state index in [9.17, 15) is 9.59 Å². The summed E-state index contributed by atoms with van der Waals surface area (Å²) in [5.41, 5.74) is 0.525. The quantitative estimate of drug-likeness (QED) is 0.897. The van der Waals surface area contributed by atoms with Crippen LogP contribution in [0.15, 0.2) is 18.2 Å². The van der Waals surface area contributed by atoms with Gasteiger partial charge in [0.25, 0.3) is 5.91 Å². The fraction of sp³-hybridized carbons (Fsp3) is 0.467. The Bertz CT molecular complexity index is 612. The Hall–Kier alpha value is -2.24. The molecule has 2 aliphatic heterocycles. The van der Waals surface area contributed by atoms with Gasteiger partial charge in [-0.05, 0) is 31.0 Å². The van der Waals surface area contributed by atoms with E-state index in [2.05, 4.69) is 5.32 Å². The fourth-order valence-corrected chi connectivity index (χ4v) is 2.87. The van der Waals surface area contributed by atoms with Crippen LogP contribution in [0.5, 0.6) is 11.5 Å². The summed E-state index contributed by atoms with van der Waals surface area (Å²) in [6.45, 7) is 0.813. The molecule has 1 saturated heterocycles. The summed E-state index contributed by atoms with van der Waals surface area (Å²) in [6, 6.07) is 5.42. The van der Waals surface area contributed by atoms with E-state index in [1.807, 2.05) is 4.90 Å². The Morgan fingerprint density at radius 1 is 1.24 bits per heavy atom. The minimum atomic E-state index is -0.177. The van der Waals surface area contributed by atoms with E-state index in [-0.39, 0.29) is 24.6 Å². The number of amides is 2. The van der Waals surface area contributed by atoms with Crippen molar-refractivity contribution in [2.75, 3.05) is 13.3 Å². The van der Waals surface area contributed by atoms with Crippen LogP contribution in [0.1, 0.15) is 29.6 Å². The summed E-state index contributed by atoms with van der Waals surface area (Å²) in [6.07, 6.45) is 2.58. The first-order valence-electron chi connectivity index (χ1n) is 7.21. The maximum absolute atomic E-state index is 12.3. The monoisotopic (exact) mass is 288 g/mol. The molecule has 0 spiro atoms. The van der Waals surface area contributed by atoms with E-state index in [1.165, 1.54) is 0 Å². The zero-order chi connectivity index (χ0) is 14.4. The molecule has 1 aliphatic carbocycles. The molecule has 6 nitrogen and oxygen atoms in total. The highest BCUT2D eigenvalue weighted by molar-refractivity contribution is 5.95. The predicted octanol–water partition coefficient (Wildman–Crippen LogP) is 0.908. The number of likely N-dealkylation sites (tertiary alicyclic amines) is 1. The minimum absolute atomic E-state index is 0.101. The first-order valence-corrected chi connectivity index (χ1v) is 7.21. The Balaban J connectivity index is 1.43. The highest BCUT2D eigenvalue weighted by Crippen LogP contribution is 2.33. The standard InChI is InChI=1S/C15H16N2O4/c18-14-6-10(7-17(14)11-2-3-11)16-15(19)9-1-4-12-13(5-9)21-8-20-12/h1,4-5,10-11H,2-3,6-8H2,(H,16,19). The van der Waals surface area contributed by atoms with Gasteiger partial charge in [-0.1, -0.05) is 0 Å². The second-order valence-corrected chi connectivity index (χ2v) is 5.72. The van der Waals surface area contributed by atoms with Gasteiger partial charge in [-0.25, -0.2) is 0 Å². The van der Waals surface area contributed by atoms with Crippen LogP contribution in [0, 0.1) is 0 Å². The topological polar surface area (TPSA) is 67.9 Å². The molecule has 2 heterocycles. The molecule has 21 heavy (non-hydrogen) atoms. The number of fused-ring (bicyclic) bond motifs is 1. The Labute approximate surface area is 122 Å². The first-order chi connectivity index (χ1) is 10.2. The van der Waals surface area contributed by atoms with Crippen LogP contribution in [-0.2, 0) is 4.79 Å². The van der Waals surface area contributed by atoms with Gasteiger partial charge in [-0.3, -0.25) is 9.59 Å². The molecule has 1 atom stereocenters. The number of rotatable bonds is 3. The third kappa shape index (κ3) is 2.30. The van der Waals surface area contributed by atoms with Gasteiger partial charge >= 0.3 is 0 Å². The summed E-state index contributed by atoms with van der Waals surface area (Å²) in [4.78, 5) is 26.0. The average molecular weight is 288 g/mol. The molecule has 1 aromatic carbocycles. The molecule has 6 heteroatoms. The van der Waals surface area contributed by atoms with Gasteiger partial charge in [0.15, 0.2) is 11.5 Å². The highest BCUT2D eigenvalue weighted by atomic mass is 16.7. The Kier molecular flexibility index (Phi) is 2.77. The van der Waals surface area contributed by atoms with Crippen LogP contribution in [-0.4, -0.2) is 42.1 Å². The largest absolute Gasteiger partial charge is 0.454 e. The van der Waals surface area contributed by atoms with E-state index >= 15 is 0 Å². The molecule has 1 saturated carbocycles. The van der Waals surface area contributed by atoms with Gasteiger partial charge in [0.05, 0.1) is 6.04 Å². The summed E-state index contributed by atoms with van der Waals surface area (Å²) < 4.78 is 10.5. The third-order valence-electron chi connectivity index (χ3n) is 4.12. The van der Waals surface area contributed by atoms with Crippen molar-refractivity contribution in [1.29, 1.82) is 0 Å². The van der Waals surface area contributed by atoms with Crippen LogP contribution >= 0.6 is 0 Å². The molecule has 1 N–H and O–H groups in total. The first kappa shape index (κ1) is 12.5. The Morgan fingerprint density at radius 2 is 2.05 bits per heavy atom. The number of nitrogens with one attached hydrogen (secondary N) is 1. The number of hydrogen-bond donors (Lipinski definition) is 1. The lowest BCUT2D eigenvalue weighted by molar-refractivity contribution is -0.128. The lowest BCUT2D eigenvalue weighted by Crippen LogP contribution is -2.37. The summed E-state index contributed by atoms with van der Waals surface area (Å²) in [7, 11) is 0. The molecule has 0 radical (unpaired) electrons. The number of benzene rings is 1. The summed E-state index contributed by atoms with van der Waals surface area (Å²) >= 11 is 0. The van der Waals surface area contributed by atoms with Crippen LogP contribution in [0.2, 0.25) is 0 Å². The van der Waals surface area contributed by atoms with Crippen LogP contribution in [0.4, 0.5) is 0 Å². The molecular weight excluding hydrogens is 272 g/mol. The normalized spacial score (nSPS) is 23.5. The van der Waals surface area contributed by atoms with Crippen LogP contribution in [0.3, 0.4) is 0 Å². The van der Waals surface area contributed by atoms with E-state index < -0.39 is 0 Å². The van der Waals surface area contributed by atoms with Crippen LogP contribution < -0.4 is 14.8 Å². The minimum Gasteiger partial charge on any atom is -0.454 e. The van der Waals surface area contributed by atoms with Crippen molar-refractivity contribution in [2.24, 2.45) is 0 Å². The maximum Gasteiger partial charge on any atom is 0.251 e. The summed E-state index contributed by atoms with van der Waals surface area (Å²) in [5.74, 6) is 1.21. The van der Waals surface area contributed by atoms with Crippen LogP contribution in [0.25, 0.3) is 0 Å². The van der Waals surface area contributed by atoms with Crippen molar-refractivity contribution in [3.05, 3.63) is 23.8 Å². The predicted molar refractivity (Wildman–Crippen MR) is 73.2 cm³/mol.